The summed E-state index contributed by atoms with van der Waals surface area (Å²) in [4.78, 5) is 23.8. The molecule has 1 aliphatic heterocycles. The highest BCUT2D eigenvalue weighted by atomic mass is 32.2. The van der Waals surface area contributed by atoms with Gasteiger partial charge in [-0.05, 0) is 23.2 Å². The molecule has 0 spiro atoms. The number of hydrogen-bond acceptors (Lipinski definition) is 6. The van der Waals surface area contributed by atoms with Crippen molar-refractivity contribution in [1.29, 1.82) is 0 Å². The molecular weight excluding hydrogens is 394 g/mol. The number of aliphatic hydroxyl groups excluding tert-OH is 1. The van der Waals surface area contributed by atoms with Gasteiger partial charge >= 0.3 is 6.03 Å². The summed E-state index contributed by atoms with van der Waals surface area (Å²) >= 11 is -2.52. The van der Waals surface area contributed by atoms with Crippen molar-refractivity contribution in [1.82, 2.24) is 25.1 Å². The zero-order chi connectivity index (χ0) is 20.5. The molecule has 3 heterocycles. The predicted molar refractivity (Wildman–Crippen MR) is 109 cm³/mol. The molecule has 0 radical (unpaired) electrons. The van der Waals surface area contributed by atoms with Crippen molar-refractivity contribution in [2.24, 2.45) is 0 Å². The Kier molecular flexibility index (Phi) is 5.50. The van der Waals surface area contributed by atoms with Crippen LogP contribution in [-0.2, 0) is 11.1 Å². The Hall–Kier alpha value is -2.53. The van der Waals surface area contributed by atoms with Crippen LogP contribution in [0.15, 0.2) is 36.5 Å². The van der Waals surface area contributed by atoms with E-state index >= 15 is 0 Å². The van der Waals surface area contributed by atoms with E-state index in [1.807, 2.05) is 35.2 Å². The maximum absolute atomic E-state index is 12.7. The number of carbonyl (C=O) groups is 1. The highest BCUT2D eigenvalue weighted by molar-refractivity contribution is 7.79. The quantitative estimate of drug-likeness (QED) is 0.543. The third kappa shape index (κ3) is 3.48. The number of benzene rings is 1. The zero-order valence-corrected chi connectivity index (χ0v) is 16.7. The monoisotopic (exact) mass is 416 g/mol. The maximum atomic E-state index is 12.7. The number of β-amino-alcohol motifs (C(OH)–C–C–N with tert-alkyl or cyclic N) is 1. The maximum Gasteiger partial charge on any atom is 0.318 e. The molecule has 1 fully saturated rings. The summed E-state index contributed by atoms with van der Waals surface area (Å²) in [6, 6.07) is 8.67. The van der Waals surface area contributed by atoms with E-state index < -0.39 is 28.5 Å². The summed E-state index contributed by atoms with van der Waals surface area (Å²) in [6.45, 7) is 0.704. The average molecular weight is 416 g/mol. The van der Waals surface area contributed by atoms with E-state index in [0.717, 1.165) is 21.8 Å². The van der Waals surface area contributed by atoms with Gasteiger partial charge in [-0.1, -0.05) is 18.2 Å². The number of amides is 2. The van der Waals surface area contributed by atoms with Gasteiger partial charge in [0.05, 0.1) is 23.9 Å². The number of nitrogens with zero attached hydrogens (tertiary/aromatic N) is 3. The number of aromatic nitrogens is 2. The van der Waals surface area contributed by atoms with E-state index in [9.17, 15) is 18.7 Å². The minimum Gasteiger partial charge on any atom is -0.771 e. The van der Waals surface area contributed by atoms with E-state index in [0.29, 0.717) is 18.8 Å². The molecule has 3 aromatic rings. The number of carbonyl (C=O) groups excluding carboxylic acids is 1. The number of hydrogen-bond donors (Lipinski definition) is 3. The first-order valence-corrected chi connectivity index (χ1v) is 10.5. The molecule has 3 N–H and O–H groups in total. The first-order chi connectivity index (χ1) is 14.0. The third-order valence-corrected chi connectivity index (χ3v) is 6.17. The number of pyridine rings is 1. The molecule has 154 valence electrons. The van der Waals surface area contributed by atoms with E-state index in [-0.39, 0.29) is 13.2 Å². The second-order valence-electron chi connectivity index (χ2n) is 6.97. The van der Waals surface area contributed by atoms with Crippen LogP contribution in [0.4, 0.5) is 4.79 Å². The second-order valence-corrected chi connectivity index (χ2v) is 8.03. The van der Waals surface area contributed by atoms with Crippen molar-refractivity contribution >= 4 is 38.9 Å². The molecule has 4 rings (SSSR count). The van der Waals surface area contributed by atoms with Gasteiger partial charge < -0.3 is 24.9 Å². The van der Waals surface area contributed by atoms with Gasteiger partial charge in [0.15, 0.2) is 0 Å². The number of fused-ring (bicyclic) bond motifs is 3. The lowest BCUT2D eigenvalue weighted by Crippen LogP contribution is -2.60. The molecule has 1 saturated heterocycles. The minimum atomic E-state index is -2.52. The Balaban J connectivity index is 1.89. The lowest BCUT2D eigenvalue weighted by molar-refractivity contribution is 0.0660. The number of aliphatic hydroxyl groups is 1. The molecule has 2 aromatic heterocycles. The van der Waals surface area contributed by atoms with Crippen molar-refractivity contribution in [2.45, 2.75) is 11.4 Å². The van der Waals surface area contributed by atoms with Gasteiger partial charge in [-0.3, -0.25) is 14.1 Å². The molecule has 0 bridgehead atoms. The summed E-state index contributed by atoms with van der Waals surface area (Å²) < 4.78 is 24.0. The normalized spacial score (nSPS) is 21.6. The Labute approximate surface area is 170 Å². The molecule has 9 nitrogen and oxygen atoms in total. The summed E-state index contributed by atoms with van der Waals surface area (Å²) in [5.74, 6) is 0. The topological polar surface area (TPSA) is 125 Å². The van der Waals surface area contributed by atoms with Gasteiger partial charge in [0, 0.05) is 49.2 Å². The third-order valence-electron chi connectivity index (χ3n) is 5.35. The fraction of sp³-hybridized carbons (Fsp3) is 0.368. The van der Waals surface area contributed by atoms with E-state index in [4.69, 9.17) is 0 Å². The highest BCUT2D eigenvalue weighted by Crippen LogP contribution is 2.35. The molecule has 0 aliphatic carbocycles. The van der Waals surface area contributed by atoms with Crippen molar-refractivity contribution in [3.63, 3.8) is 0 Å². The van der Waals surface area contributed by atoms with Crippen LogP contribution in [0.5, 0.6) is 0 Å². The number of rotatable bonds is 4. The first-order valence-electron chi connectivity index (χ1n) is 9.31. The van der Waals surface area contributed by atoms with Crippen molar-refractivity contribution in [2.75, 3.05) is 33.3 Å². The van der Waals surface area contributed by atoms with Crippen LogP contribution in [0.2, 0.25) is 0 Å². The number of piperazine rings is 1. The van der Waals surface area contributed by atoms with Crippen LogP contribution in [0, 0.1) is 0 Å². The van der Waals surface area contributed by atoms with Crippen LogP contribution in [-0.4, -0.2) is 78.3 Å². The van der Waals surface area contributed by atoms with Gasteiger partial charge in [0.25, 0.3) is 0 Å². The Morgan fingerprint density at radius 2 is 2.14 bits per heavy atom. The van der Waals surface area contributed by atoms with Crippen molar-refractivity contribution < 1.29 is 18.7 Å². The Bertz CT molecular complexity index is 1070. The second kappa shape index (κ2) is 8.07. The van der Waals surface area contributed by atoms with Crippen LogP contribution in [0.3, 0.4) is 0 Å². The van der Waals surface area contributed by atoms with Crippen LogP contribution >= 0.6 is 0 Å². The fourth-order valence-corrected chi connectivity index (χ4v) is 4.82. The lowest BCUT2D eigenvalue weighted by Gasteiger charge is -2.46. The van der Waals surface area contributed by atoms with E-state index in [2.05, 4.69) is 15.3 Å². The number of para-hydroxylation sites is 1. The van der Waals surface area contributed by atoms with Gasteiger partial charge in [-0.25, -0.2) is 4.79 Å². The van der Waals surface area contributed by atoms with Crippen molar-refractivity contribution in [3.8, 4) is 0 Å². The molecule has 2 amide bonds. The number of urea groups is 1. The largest absolute Gasteiger partial charge is 0.771 e. The average Bonchev–Trinajstić information content (AvgIpc) is 3.11. The predicted octanol–water partition coefficient (Wildman–Crippen LogP) is 0.912. The molecular formula is C19H22N5O4S-. The fourth-order valence-electron chi connectivity index (χ4n) is 4.06. The smallest absolute Gasteiger partial charge is 0.318 e. The summed E-state index contributed by atoms with van der Waals surface area (Å²) in [5, 5.41) is 12.9. The number of nitrogens with one attached hydrogen (secondary N) is 2. The summed E-state index contributed by atoms with van der Waals surface area (Å²) in [5.41, 5.74) is 2.31. The van der Waals surface area contributed by atoms with Gasteiger partial charge in [0.2, 0.25) is 0 Å². The van der Waals surface area contributed by atoms with Gasteiger partial charge in [0.1, 0.15) is 5.37 Å². The standard InChI is InChI=1S/C19H23N5O4S/c1-20-19(26)24-15(10-23(8-9-25)11-16(24)29(27)28)18-17-13(6-7-21-18)12-4-2-3-5-14(12)22-17/h2-7,15-16,22,25H,8-11H2,1H3,(H,20,26)(H,27,28)/p-1. The molecule has 0 saturated carbocycles. The minimum absolute atomic E-state index is 0.102. The SMILES string of the molecule is CNC(=O)N1C(c2nccc3c2[nH]c2ccccc23)CN(CCO)CC1S(=O)[O-]. The molecule has 29 heavy (non-hydrogen) atoms. The Morgan fingerprint density at radius 3 is 2.86 bits per heavy atom. The van der Waals surface area contributed by atoms with Crippen LogP contribution in [0.1, 0.15) is 11.7 Å². The molecule has 3 unspecified atom stereocenters. The summed E-state index contributed by atoms with van der Waals surface area (Å²) in [6.07, 6.45) is 1.67. The molecule has 10 heteroatoms. The molecule has 1 aliphatic rings. The van der Waals surface area contributed by atoms with Gasteiger partial charge in [-0.2, -0.15) is 0 Å². The zero-order valence-electron chi connectivity index (χ0n) is 15.9. The molecule has 1 aromatic carbocycles. The van der Waals surface area contributed by atoms with E-state index in [1.165, 1.54) is 11.9 Å². The van der Waals surface area contributed by atoms with E-state index in [1.54, 1.807) is 6.20 Å². The highest BCUT2D eigenvalue weighted by Gasteiger charge is 2.40. The lowest BCUT2D eigenvalue weighted by atomic mass is 10.0. The number of aromatic amines is 1. The van der Waals surface area contributed by atoms with Crippen LogP contribution in [0.25, 0.3) is 21.8 Å². The first kappa shape index (κ1) is 19.8. The molecule has 3 atom stereocenters. The van der Waals surface area contributed by atoms with Crippen molar-refractivity contribution in [3.05, 3.63) is 42.2 Å². The van der Waals surface area contributed by atoms with Crippen LogP contribution < -0.4 is 5.32 Å². The number of H-pyrrole nitrogens is 1. The summed E-state index contributed by atoms with van der Waals surface area (Å²) in [7, 11) is 1.47. The Morgan fingerprint density at radius 1 is 1.34 bits per heavy atom. The van der Waals surface area contributed by atoms with Gasteiger partial charge in [-0.15, -0.1) is 0 Å².